The number of carbonyl (C=O) groups excluding carboxylic acids is 2. The molecule has 0 aliphatic carbocycles. The van der Waals surface area contributed by atoms with Crippen LogP contribution in [0.1, 0.15) is 16.7 Å². The summed E-state index contributed by atoms with van der Waals surface area (Å²) in [5.41, 5.74) is 3.88. The molecule has 0 fully saturated rings. The maximum absolute atomic E-state index is 11.8. The van der Waals surface area contributed by atoms with E-state index in [1.807, 2.05) is 45.0 Å². The van der Waals surface area contributed by atoms with Gasteiger partial charge in [-0.1, -0.05) is 23.7 Å². The lowest BCUT2D eigenvalue weighted by molar-refractivity contribution is -0.144. The van der Waals surface area contributed by atoms with E-state index in [0.29, 0.717) is 10.7 Å². The summed E-state index contributed by atoms with van der Waals surface area (Å²) in [6, 6.07) is 11.2. The van der Waals surface area contributed by atoms with Gasteiger partial charge in [-0.05, 0) is 61.7 Å². The van der Waals surface area contributed by atoms with Gasteiger partial charge in [-0.3, -0.25) is 9.59 Å². The average Bonchev–Trinajstić information content (AvgIpc) is 2.57. The summed E-state index contributed by atoms with van der Waals surface area (Å²) in [7, 11) is 0. The number of anilines is 1. The molecule has 0 saturated carbocycles. The van der Waals surface area contributed by atoms with Crippen molar-refractivity contribution >= 4 is 40.9 Å². The molecular formula is C19H20ClNO3S. The molecule has 1 amide bonds. The van der Waals surface area contributed by atoms with Crippen LogP contribution in [-0.4, -0.2) is 24.2 Å². The molecule has 2 aromatic rings. The van der Waals surface area contributed by atoms with E-state index in [1.54, 1.807) is 12.1 Å². The van der Waals surface area contributed by atoms with Crippen molar-refractivity contribution in [3.8, 4) is 0 Å². The van der Waals surface area contributed by atoms with Crippen molar-refractivity contribution in [1.82, 2.24) is 0 Å². The van der Waals surface area contributed by atoms with E-state index in [2.05, 4.69) is 5.32 Å². The van der Waals surface area contributed by atoms with Crippen LogP contribution >= 0.6 is 23.4 Å². The second kappa shape index (κ2) is 8.92. The highest BCUT2D eigenvalue weighted by Crippen LogP contribution is 2.21. The van der Waals surface area contributed by atoms with Crippen LogP contribution in [0, 0.1) is 20.8 Å². The van der Waals surface area contributed by atoms with Crippen molar-refractivity contribution in [2.24, 2.45) is 0 Å². The average molecular weight is 378 g/mol. The molecule has 2 aromatic carbocycles. The number of halogens is 1. The summed E-state index contributed by atoms with van der Waals surface area (Å²) in [6.07, 6.45) is 0. The first-order valence-corrected chi connectivity index (χ1v) is 9.13. The Morgan fingerprint density at radius 3 is 2.44 bits per heavy atom. The fourth-order valence-electron chi connectivity index (χ4n) is 2.00. The number of esters is 1. The Hall–Kier alpha value is -1.98. The Balaban J connectivity index is 1.76. The lowest BCUT2D eigenvalue weighted by Gasteiger charge is -2.08. The molecule has 0 radical (unpaired) electrons. The molecule has 0 unspecified atom stereocenters. The van der Waals surface area contributed by atoms with Crippen LogP contribution in [-0.2, 0) is 14.3 Å². The van der Waals surface area contributed by atoms with E-state index in [1.165, 1.54) is 22.9 Å². The Morgan fingerprint density at radius 2 is 1.76 bits per heavy atom. The first-order chi connectivity index (χ1) is 11.8. The molecule has 0 heterocycles. The first kappa shape index (κ1) is 19.3. The molecule has 1 N–H and O–H groups in total. The van der Waals surface area contributed by atoms with E-state index in [0.717, 1.165) is 10.5 Å². The number of nitrogens with one attached hydrogen (secondary N) is 1. The standard InChI is InChI=1S/C19H20ClNO3S/c1-12-5-7-16(8-14(12)3)25-11-19(23)24-10-18(22)21-15-6-4-13(2)17(20)9-15/h4-9H,10-11H2,1-3H3,(H,21,22). The van der Waals surface area contributed by atoms with Crippen molar-refractivity contribution < 1.29 is 14.3 Å². The van der Waals surface area contributed by atoms with Crippen LogP contribution in [0.25, 0.3) is 0 Å². The quantitative estimate of drug-likeness (QED) is 0.593. The minimum atomic E-state index is -0.430. The maximum atomic E-state index is 11.8. The number of thioether (sulfide) groups is 1. The van der Waals surface area contributed by atoms with Crippen LogP contribution in [0.2, 0.25) is 5.02 Å². The molecule has 0 spiro atoms. The third-order valence-corrected chi connectivity index (χ3v) is 5.03. The summed E-state index contributed by atoms with van der Waals surface area (Å²) < 4.78 is 5.00. The van der Waals surface area contributed by atoms with E-state index in [-0.39, 0.29) is 12.4 Å². The normalized spacial score (nSPS) is 10.4. The third-order valence-electron chi connectivity index (χ3n) is 3.65. The van der Waals surface area contributed by atoms with Crippen molar-refractivity contribution in [2.75, 3.05) is 17.7 Å². The van der Waals surface area contributed by atoms with Crippen LogP contribution in [0.3, 0.4) is 0 Å². The van der Waals surface area contributed by atoms with E-state index < -0.39 is 11.9 Å². The zero-order valence-electron chi connectivity index (χ0n) is 14.4. The van der Waals surface area contributed by atoms with Gasteiger partial charge in [-0.25, -0.2) is 0 Å². The van der Waals surface area contributed by atoms with Gasteiger partial charge in [0.25, 0.3) is 5.91 Å². The summed E-state index contributed by atoms with van der Waals surface area (Å²) >= 11 is 7.39. The maximum Gasteiger partial charge on any atom is 0.316 e. The zero-order chi connectivity index (χ0) is 18.4. The highest BCUT2D eigenvalue weighted by molar-refractivity contribution is 8.00. The van der Waals surface area contributed by atoms with Gasteiger partial charge >= 0.3 is 5.97 Å². The van der Waals surface area contributed by atoms with Gasteiger partial charge in [0.1, 0.15) is 0 Å². The van der Waals surface area contributed by atoms with Crippen molar-refractivity contribution in [2.45, 2.75) is 25.7 Å². The number of carbonyl (C=O) groups is 2. The topological polar surface area (TPSA) is 55.4 Å². The van der Waals surface area contributed by atoms with Gasteiger partial charge < -0.3 is 10.1 Å². The smallest absolute Gasteiger partial charge is 0.316 e. The van der Waals surface area contributed by atoms with Crippen LogP contribution in [0.4, 0.5) is 5.69 Å². The number of amides is 1. The molecule has 132 valence electrons. The van der Waals surface area contributed by atoms with Gasteiger partial charge in [-0.2, -0.15) is 0 Å². The monoisotopic (exact) mass is 377 g/mol. The third kappa shape index (κ3) is 6.11. The number of aryl methyl sites for hydroxylation is 3. The Bertz CT molecular complexity index is 792. The Morgan fingerprint density at radius 1 is 1.04 bits per heavy atom. The summed E-state index contributed by atoms with van der Waals surface area (Å²) in [5, 5.41) is 3.21. The van der Waals surface area contributed by atoms with Gasteiger partial charge in [0.05, 0.1) is 5.75 Å². The highest BCUT2D eigenvalue weighted by Gasteiger charge is 2.09. The van der Waals surface area contributed by atoms with Gasteiger partial charge in [0.2, 0.25) is 0 Å². The fourth-order valence-corrected chi connectivity index (χ4v) is 2.97. The Kier molecular flexibility index (Phi) is 6.91. The molecule has 0 atom stereocenters. The van der Waals surface area contributed by atoms with E-state index >= 15 is 0 Å². The second-order valence-electron chi connectivity index (χ2n) is 5.71. The number of ether oxygens (including phenoxy) is 1. The lowest BCUT2D eigenvalue weighted by atomic mass is 10.1. The minimum Gasteiger partial charge on any atom is -0.455 e. The molecule has 4 nitrogen and oxygen atoms in total. The Labute approximate surface area is 156 Å². The first-order valence-electron chi connectivity index (χ1n) is 7.77. The predicted molar refractivity (Wildman–Crippen MR) is 102 cm³/mol. The molecule has 0 aliphatic heterocycles. The highest BCUT2D eigenvalue weighted by atomic mass is 35.5. The van der Waals surface area contributed by atoms with Crippen molar-refractivity contribution in [1.29, 1.82) is 0 Å². The van der Waals surface area contributed by atoms with Crippen LogP contribution < -0.4 is 5.32 Å². The fraction of sp³-hybridized carbons (Fsp3) is 0.263. The minimum absolute atomic E-state index is 0.159. The number of rotatable bonds is 6. The molecule has 6 heteroatoms. The SMILES string of the molecule is Cc1ccc(SCC(=O)OCC(=O)Nc2ccc(C)c(Cl)c2)cc1C. The molecule has 0 aliphatic rings. The van der Waals surface area contributed by atoms with Gasteiger partial charge in [0, 0.05) is 15.6 Å². The van der Waals surface area contributed by atoms with E-state index in [9.17, 15) is 9.59 Å². The van der Waals surface area contributed by atoms with Gasteiger partial charge in [-0.15, -0.1) is 11.8 Å². The number of benzene rings is 2. The molecule has 0 saturated heterocycles. The summed E-state index contributed by atoms with van der Waals surface area (Å²) in [6.45, 7) is 5.62. The molecule has 2 rings (SSSR count). The molecule has 0 bridgehead atoms. The summed E-state index contributed by atoms with van der Waals surface area (Å²) in [5.74, 6) is -0.670. The zero-order valence-corrected chi connectivity index (χ0v) is 16.0. The molecular weight excluding hydrogens is 358 g/mol. The molecule has 0 aromatic heterocycles. The second-order valence-corrected chi connectivity index (χ2v) is 7.16. The largest absolute Gasteiger partial charge is 0.455 e. The molecule has 25 heavy (non-hydrogen) atoms. The van der Waals surface area contributed by atoms with Crippen LogP contribution in [0.5, 0.6) is 0 Å². The lowest BCUT2D eigenvalue weighted by Crippen LogP contribution is -2.21. The van der Waals surface area contributed by atoms with Crippen molar-refractivity contribution in [3.63, 3.8) is 0 Å². The van der Waals surface area contributed by atoms with Gasteiger partial charge in [0.15, 0.2) is 6.61 Å². The number of hydrogen-bond donors (Lipinski definition) is 1. The van der Waals surface area contributed by atoms with Crippen LogP contribution in [0.15, 0.2) is 41.3 Å². The predicted octanol–water partition coefficient (Wildman–Crippen LogP) is 4.54. The summed E-state index contributed by atoms with van der Waals surface area (Å²) in [4.78, 5) is 24.6. The number of hydrogen-bond acceptors (Lipinski definition) is 4. The van der Waals surface area contributed by atoms with Crippen molar-refractivity contribution in [3.05, 3.63) is 58.1 Å². The van der Waals surface area contributed by atoms with E-state index in [4.69, 9.17) is 16.3 Å².